The first-order chi connectivity index (χ1) is 13.6. The Morgan fingerprint density at radius 2 is 2.07 bits per heavy atom. The highest BCUT2D eigenvalue weighted by Crippen LogP contribution is 2.30. The van der Waals surface area contributed by atoms with E-state index in [-0.39, 0.29) is 30.0 Å². The van der Waals surface area contributed by atoms with E-state index in [1.54, 1.807) is 24.3 Å². The van der Waals surface area contributed by atoms with Crippen LogP contribution in [0.5, 0.6) is 0 Å². The lowest BCUT2D eigenvalue weighted by molar-refractivity contribution is -0.0441. The standard InChI is InChI=1S/C17H18N6O5/c24-7-11-10(25)6-12(28-11)23-15-13(21-17(23)27)14(18-8-19-15)22-16(26)20-9-4-2-1-3-5-9/h1-5,8,10-12,24-25H,6-7H2,(H,21,27)(H2,18,19,20,22,26). The zero-order valence-corrected chi connectivity index (χ0v) is 14.6. The van der Waals surface area contributed by atoms with E-state index in [0.29, 0.717) is 5.69 Å². The molecule has 3 atom stereocenters. The number of aromatic amines is 1. The van der Waals surface area contributed by atoms with Crippen LogP contribution in [0, 0.1) is 0 Å². The van der Waals surface area contributed by atoms with Gasteiger partial charge in [-0.1, -0.05) is 18.2 Å². The van der Waals surface area contributed by atoms with Gasteiger partial charge in [-0.05, 0) is 12.1 Å². The Labute approximate surface area is 158 Å². The molecule has 11 nitrogen and oxygen atoms in total. The maximum Gasteiger partial charge on any atom is 0.329 e. The topological polar surface area (TPSA) is 154 Å². The molecule has 1 fully saturated rings. The number of carbonyl (C=O) groups is 1. The summed E-state index contributed by atoms with van der Waals surface area (Å²) in [6.07, 6.45) is -1.14. The summed E-state index contributed by atoms with van der Waals surface area (Å²) in [5, 5.41) is 24.4. The minimum Gasteiger partial charge on any atom is -0.394 e. The average molecular weight is 386 g/mol. The Kier molecular flexibility index (Phi) is 4.77. The summed E-state index contributed by atoms with van der Waals surface area (Å²) in [6.45, 7) is -0.365. The highest BCUT2D eigenvalue weighted by Gasteiger charge is 2.36. The molecule has 1 aliphatic heterocycles. The Bertz CT molecular complexity index is 1050. The first kappa shape index (κ1) is 18.1. The Balaban J connectivity index is 1.61. The van der Waals surface area contributed by atoms with Crippen LogP contribution in [0.1, 0.15) is 12.6 Å². The second-order valence-corrected chi connectivity index (χ2v) is 6.28. The molecule has 0 radical (unpaired) electrons. The molecule has 0 saturated carbocycles. The van der Waals surface area contributed by atoms with Gasteiger partial charge in [-0.2, -0.15) is 0 Å². The van der Waals surface area contributed by atoms with Crippen molar-refractivity contribution < 1.29 is 19.7 Å². The van der Waals surface area contributed by atoms with Crippen molar-refractivity contribution in [1.29, 1.82) is 0 Å². The lowest BCUT2D eigenvalue weighted by atomic mass is 10.2. The van der Waals surface area contributed by atoms with Crippen LogP contribution in [-0.4, -0.2) is 54.6 Å². The average Bonchev–Trinajstić information content (AvgIpc) is 3.21. The smallest absolute Gasteiger partial charge is 0.329 e. The van der Waals surface area contributed by atoms with E-state index in [0.717, 1.165) is 0 Å². The molecule has 28 heavy (non-hydrogen) atoms. The van der Waals surface area contributed by atoms with Crippen LogP contribution >= 0.6 is 0 Å². The van der Waals surface area contributed by atoms with Crippen molar-refractivity contribution in [2.45, 2.75) is 24.9 Å². The molecular weight excluding hydrogens is 368 g/mol. The maximum absolute atomic E-state index is 12.4. The van der Waals surface area contributed by atoms with E-state index in [1.165, 1.54) is 10.9 Å². The van der Waals surface area contributed by atoms with Crippen LogP contribution in [0.4, 0.5) is 16.3 Å². The maximum atomic E-state index is 12.4. The number of nitrogens with zero attached hydrogens (tertiary/aromatic N) is 3. The number of carbonyl (C=O) groups excluding carboxylic acids is 1. The van der Waals surface area contributed by atoms with Crippen LogP contribution in [0.2, 0.25) is 0 Å². The summed E-state index contributed by atoms with van der Waals surface area (Å²) in [5.41, 5.74) is 0.504. The summed E-state index contributed by atoms with van der Waals surface area (Å²) in [6, 6.07) is 8.32. The first-order valence-electron chi connectivity index (χ1n) is 8.59. The van der Waals surface area contributed by atoms with Gasteiger partial charge in [0, 0.05) is 12.1 Å². The first-order valence-corrected chi connectivity index (χ1v) is 8.59. The summed E-state index contributed by atoms with van der Waals surface area (Å²) < 4.78 is 6.77. The number of fused-ring (bicyclic) bond motifs is 1. The molecule has 1 aromatic carbocycles. The van der Waals surface area contributed by atoms with Gasteiger partial charge in [0.2, 0.25) is 0 Å². The lowest BCUT2D eigenvalue weighted by Gasteiger charge is -2.13. The third kappa shape index (κ3) is 3.33. The fraction of sp³-hybridized carbons (Fsp3) is 0.294. The fourth-order valence-electron chi connectivity index (χ4n) is 3.13. The van der Waals surface area contributed by atoms with Crippen molar-refractivity contribution >= 4 is 28.7 Å². The van der Waals surface area contributed by atoms with E-state index in [4.69, 9.17) is 4.74 Å². The summed E-state index contributed by atoms with van der Waals surface area (Å²) in [5.74, 6) is 0.117. The normalized spacial score (nSPS) is 21.7. The third-order valence-corrected chi connectivity index (χ3v) is 4.44. The molecule has 0 bridgehead atoms. The van der Waals surface area contributed by atoms with Gasteiger partial charge in [0.05, 0.1) is 12.7 Å². The van der Waals surface area contributed by atoms with Gasteiger partial charge in [-0.3, -0.25) is 5.32 Å². The van der Waals surface area contributed by atoms with Crippen LogP contribution in [0.25, 0.3) is 11.2 Å². The van der Waals surface area contributed by atoms with Crippen molar-refractivity contribution in [3.05, 3.63) is 47.1 Å². The van der Waals surface area contributed by atoms with Crippen molar-refractivity contribution in [3.63, 3.8) is 0 Å². The number of aliphatic hydroxyl groups is 2. The Morgan fingerprint density at radius 3 is 2.79 bits per heavy atom. The minimum atomic E-state index is -0.900. The number of nitrogens with one attached hydrogen (secondary N) is 3. The van der Waals surface area contributed by atoms with Crippen molar-refractivity contribution in [2.24, 2.45) is 0 Å². The number of amides is 2. The minimum absolute atomic E-state index is 0.117. The molecule has 0 spiro atoms. The van der Waals surface area contributed by atoms with Crippen molar-refractivity contribution in [2.75, 3.05) is 17.2 Å². The predicted molar refractivity (Wildman–Crippen MR) is 98.9 cm³/mol. The van der Waals surface area contributed by atoms with Crippen LogP contribution in [-0.2, 0) is 4.74 Å². The number of para-hydroxylation sites is 1. The number of rotatable bonds is 4. The van der Waals surface area contributed by atoms with Crippen LogP contribution < -0.4 is 16.3 Å². The van der Waals surface area contributed by atoms with E-state index >= 15 is 0 Å². The summed E-state index contributed by atoms with van der Waals surface area (Å²) in [7, 11) is 0. The second kappa shape index (κ2) is 7.38. The number of aromatic nitrogens is 4. The van der Waals surface area contributed by atoms with Crippen LogP contribution in [0.15, 0.2) is 41.5 Å². The zero-order valence-electron chi connectivity index (χ0n) is 14.6. The van der Waals surface area contributed by atoms with Gasteiger partial charge in [0.1, 0.15) is 24.2 Å². The Hall–Kier alpha value is -3.28. The van der Waals surface area contributed by atoms with E-state index in [2.05, 4.69) is 25.6 Å². The quantitative estimate of drug-likeness (QED) is 0.435. The third-order valence-electron chi connectivity index (χ3n) is 4.44. The molecule has 1 aliphatic rings. The second-order valence-electron chi connectivity index (χ2n) is 6.28. The molecule has 1 saturated heterocycles. The lowest BCUT2D eigenvalue weighted by Crippen LogP contribution is -2.25. The number of aliphatic hydroxyl groups excluding tert-OH is 2. The number of benzene rings is 1. The number of hydrogen-bond acceptors (Lipinski definition) is 7. The number of imidazole rings is 1. The molecule has 11 heteroatoms. The molecular formula is C17H18N6O5. The molecule has 0 aliphatic carbocycles. The van der Waals surface area contributed by atoms with E-state index < -0.39 is 30.2 Å². The number of anilines is 2. The molecule has 5 N–H and O–H groups in total. The van der Waals surface area contributed by atoms with Crippen molar-refractivity contribution in [1.82, 2.24) is 19.5 Å². The molecule has 3 unspecified atom stereocenters. The molecule has 146 valence electrons. The highest BCUT2D eigenvalue weighted by atomic mass is 16.5. The molecule has 3 heterocycles. The van der Waals surface area contributed by atoms with Gasteiger partial charge in [-0.15, -0.1) is 0 Å². The number of urea groups is 1. The van der Waals surface area contributed by atoms with E-state index in [1.807, 2.05) is 6.07 Å². The van der Waals surface area contributed by atoms with E-state index in [9.17, 15) is 19.8 Å². The van der Waals surface area contributed by atoms with Crippen molar-refractivity contribution in [3.8, 4) is 0 Å². The molecule has 3 aromatic rings. The number of hydrogen-bond donors (Lipinski definition) is 5. The predicted octanol–water partition coefficient (Wildman–Crippen LogP) is 0.404. The van der Waals surface area contributed by atoms with Gasteiger partial charge in [0.15, 0.2) is 11.5 Å². The SMILES string of the molecule is O=C(Nc1ccccc1)Nc1ncnc2c1[nH]c(=O)n2C1CC(O)C(CO)O1. The monoisotopic (exact) mass is 386 g/mol. The summed E-state index contributed by atoms with van der Waals surface area (Å²) in [4.78, 5) is 35.4. The highest BCUT2D eigenvalue weighted by molar-refractivity contribution is 6.02. The van der Waals surface area contributed by atoms with Gasteiger partial charge >= 0.3 is 11.7 Å². The Morgan fingerprint density at radius 1 is 1.29 bits per heavy atom. The van der Waals surface area contributed by atoms with Crippen LogP contribution in [0.3, 0.4) is 0 Å². The number of H-pyrrole nitrogens is 1. The fourth-order valence-corrected chi connectivity index (χ4v) is 3.13. The largest absolute Gasteiger partial charge is 0.394 e. The zero-order chi connectivity index (χ0) is 19.7. The van der Waals surface area contributed by atoms with Gasteiger partial charge in [0.25, 0.3) is 0 Å². The van der Waals surface area contributed by atoms with Gasteiger partial charge < -0.3 is 25.3 Å². The van der Waals surface area contributed by atoms with Gasteiger partial charge in [-0.25, -0.2) is 24.1 Å². The summed E-state index contributed by atoms with van der Waals surface area (Å²) >= 11 is 0. The molecule has 2 amide bonds. The molecule has 2 aromatic heterocycles. The number of ether oxygens (including phenoxy) is 1. The molecule has 4 rings (SSSR count).